The molecule has 0 aromatic heterocycles. The topological polar surface area (TPSA) is 84.5 Å². The summed E-state index contributed by atoms with van der Waals surface area (Å²) >= 11 is 0. The Morgan fingerprint density at radius 1 is 0.958 bits per heavy atom. The first-order chi connectivity index (χ1) is 11.5. The minimum atomic E-state index is -0.551. The fourth-order valence-electron chi connectivity index (χ4n) is 5.60. The van der Waals surface area contributed by atoms with Crippen LogP contribution >= 0.6 is 0 Å². The van der Waals surface area contributed by atoms with Gasteiger partial charge in [0.2, 0.25) is 0 Å². The molecule has 24 heavy (non-hydrogen) atoms. The summed E-state index contributed by atoms with van der Waals surface area (Å²) in [5, 5.41) is 5.40. The van der Waals surface area contributed by atoms with Crippen molar-refractivity contribution in [1.29, 1.82) is 0 Å². The van der Waals surface area contributed by atoms with Crippen LogP contribution in [-0.4, -0.2) is 30.1 Å². The van der Waals surface area contributed by atoms with Crippen LogP contribution in [0.3, 0.4) is 0 Å². The molecule has 0 aromatic rings. The first kappa shape index (κ1) is 15.9. The molecule has 5 aliphatic carbocycles. The molecule has 4 bridgehead atoms. The van der Waals surface area contributed by atoms with Crippen molar-refractivity contribution >= 4 is 17.9 Å². The van der Waals surface area contributed by atoms with Gasteiger partial charge in [-0.2, -0.15) is 0 Å². The number of carbonyl (C=O) groups is 3. The maximum Gasteiger partial charge on any atom is 0.321 e. The number of urea groups is 1. The van der Waals surface area contributed by atoms with Gasteiger partial charge in [0.25, 0.3) is 5.91 Å². The van der Waals surface area contributed by atoms with Crippen LogP contribution in [-0.2, 0) is 14.3 Å². The van der Waals surface area contributed by atoms with Gasteiger partial charge in [-0.05, 0) is 69.1 Å². The quantitative estimate of drug-likeness (QED) is 0.771. The normalized spacial score (nSPS) is 36.8. The lowest BCUT2D eigenvalue weighted by Gasteiger charge is -2.56. The van der Waals surface area contributed by atoms with Gasteiger partial charge in [0.15, 0.2) is 6.61 Å². The minimum Gasteiger partial charge on any atom is -0.455 e. The van der Waals surface area contributed by atoms with Crippen molar-refractivity contribution in [2.24, 2.45) is 23.7 Å². The fourth-order valence-corrected chi connectivity index (χ4v) is 5.60. The molecule has 0 atom stereocenters. The average Bonchev–Trinajstić information content (AvgIpc) is 2.40. The van der Waals surface area contributed by atoms with Gasteiger partial charge in [0.1, 0.15) is 0 Å². The zero-order valence-corrected chi connectivity index (χ0v) is 14.0. The molecule has 132 valence electrons. The highest BCUT2D eigenvalue weighted by Crippen LogP contribution is 2.55. The molecule has 0 aliphatic heterocycles. The molecule has 0 radical (unpaired) electrons. The van der Waals surface area contributed by atoms with Crippen LogP contribution in [0.4, 0.5) is 4.79 Å². The Balaban J connectivity index is 1.24. The summed E-state index contributed by atoms with van der Waals surface area (Å²) in [6.45, 7) is -0.371. The van der Waals surface area contributed by atoms with Crippen LogP contribution in [0.25, 0.3) is 0 Å². The number of amides is 3. The van der Waals surface area contributed by atoms with E-state index in [0.29, 0.717) is 0 Å². The van der Waals surface area contributed by atoms with Crippen LogP contribution in [0.2, 0.25) is 0 Å². The molecule has 0 aromatic carbocycles. The molecule has 0 spiro atoms. The standard InChI is InChI=1S/C18H26N2O4/c21-15(10-24-16(22)14-2-1-3-14)19-17(23)20-18-7-11-4-12(8-18)6-13(5-11)9-18/h11-14H,1-10H2,(H2,19,20,21,23). The zero-order chi connectivity index (χ0) is 16.7. The van der Waals surface area contributed by atoms with Crippen molar-refractivity contribution in [3.05, 3.63) is 0 Å². The van der Waals surface area contributed by atoms with Crippen molar-refractivity contribution < 1.29 is 19.1 Å². The van der Waals surface area contributed by atoms with Crippen LogP contribution in [0, 0.1) is 23.7 Å². The Kier molecular flexibility index (Phi) is 4.01. The van der Waals surface area contributed by atoms with Gasteiger partial charge < -0.3 is 10.1 Å². The van der Waals surface area contributed by atoms with Crippen molar-refractivity contribution in [2.75, 3.05) is 6.61 Å². The van der Waals surface area contributed by atoms with E-state index < -0.39 is 11.9 Å². The van der Waals surface area contributed by atoms with Crippen molar-refractivity contribution in [1.82, 2.24) is 10.6 Å². The van der Waals surface area contributed by atoms with Gasteiger partial charge in [0, 0.05) is 5.54 Å². The Morgan fingerprint density at radius 3 is 2.04 bits per heavy atom. The monoisotopic (exact) mass is 334 g/mol. The van der Waals surface area contributed by atoms with E-state index in [1.54, 1.807) is 0 Å². The van der Waals surface area contributed by atoms with Gasteiger partial charge >= 0.3 is 12.0 Å². The molecule has 2 N–H and O–H groups in total. The Bertz CT molecular complexity index is 520. The summed E-state index contributed by atoms with van der Waals surface area (Å²) in [6.07, 6.45) is 9.75. The minimum absolute atomic E-state index is 0.0568. The first-order valence-corrected chi connectivity index (χ1v) is 9.30. The molecule has 5 saturated carbocycles. The predicted molar refractivity (Wildman–Crippen MR) is 85.9 cm³/mol. The number of imide groups is 1. The number of esters is 1. The molecule has 6 heteroatoms. The van der Waals surface area contributed by atoms with Gasteiger partial charge in [-0.25, -0.2) is 4.79 Å². The number of ether oxygens (including phenoxy) is 1. The Morgan fingerprint density at radius 2 is 1.54 bits per heavy atom. The van der Waals surface area contributed by atoms with Gasteiger partial charge in [0.05, 0.1) is 5.92 Å². The summed E-state index contributed by atoms with van der Waals surface area (Å²) < 4.78 is 4.97. The second kappa shape index (κ2) is 6.05. The van der Waals surface area contributed by atoms with Crippen molar-refractivity contribution in [3.8, 4) is 0 Å². The lowest BCUT2D eigenvalue weighted by Crippen LogP contribution is -2.62. The smallest absolute Gasteiger partial charge is 0.321 e. The second-order valence-corrected chi connectivity index (χ2v) is 8.44. The zero-order valence-electron chi connectivity index (χ0n) is 14.0. The molecule has 3 amide bonds. The third kappa shape index (κ3) is 3.15. The van der Waals surface area contributed by atoms with Crippen molar-refractivity contribution in [3.63, 3.8) is 0 Å². The van der Waals surface area contributed by atoms with Gasteiger partial charge in [-0.3, -0.25) is 14.9 Å². The molecule has 0 saturated heterocycles. The van der Waals surface area contributed by atoms with E-state index in [1.807, 2.05) is 0 Å². The van der Waals surface area contributed by atoms with Crippen LogP contribution in [0.5, 0.6) is 0 Å². The van der Waals surface area contributed by atoms with Crippen molar-refractivity contribution in [2.45, 2.75) is 63.3 Å². The largest absolute Gasteiger partial charge is 0.455 e. The molecule has 0 unspecified atom stereocenters. The van der Waals surface area contributed by atoms with E-state index in [-0.39, 0.29) is 24.0 Å². The summed E-state index contributed by atoms with van der Waals surface area (Å²) in [5.41, 5.74) is -0.123. The highest BCUT2D eigenvalue weighted by Gasteiger charge is 2.51. The lowest BCUT2D eigenvalue weighted by molar-refractivity contribution is -0.154. The number of rotatable bonds is 4. The lowest BCUT2D eigenvalue weighted by atomic mass is 9.53. The fraction of sp³-hybridized carbons (Fsp3) is 0.833. The molecular formula is C18H26N2O4. The Labute approximate surface area is 142 Å². The summed E-state index contributed by atoms with van der Waals surface area (Å²) in [6, 6.07) is -0.443. The van der Waals surface area contributed by atoms with E-state index in [4.69, 9.17) is 4.74 Å². The number of carbonyl (C=O) groups excluding carboxylic acids is 3. The highest BCUT2D eigenvalue weighted by molar-refractivity contribution is 5.95. The number of nitrogens with one attached hydrogen (secondary N) is 2. The first-order valence-electron chi connectivity index (χ1n) is 9.30. The van der Waals surface area contributed by atoms with E-state index in [9.17, 15) is 14.4 Å². The molecular weight excluding hydrogens is 308 g/mol. The number of hydrogen-bond donors (Lipinski definition) is 2. The molecule has 5 aliphatic rings. The summed E-state index contributed by atoms with van der Waals surface area (Å²) in [5.74, 6) is 1.27. The maximum absolute atomic E-state index is 12.2. The third-order valence-corrected chi connectivity index (χ3v) is 6.45. The predicted octanol–water partition coefficient (Wildman–Crippen LogP) is 2.12. The van der Waals surface area contributed by atoms with Gasteiger partial charge in [-0.15, -0.1) is 0 Å². The number of hydrogen-bond acceptors (Lipinski definition) is 4. The average molecular weight is 334 g/mol. The van der Waals surface area contributed by atoms with Gasteiger partial charge in [-0.1, -0.05) is 6.42 Å². The SMILES string of the molecule is O=C(COC(=O)C1CCC1)NC(=O)NC12CC3CC(CC(C3)C1)C2. The molecule has 0 heterocycles. The maximum atomic E-state index is 12.2. The van der Waals surface area contributed by atoms with E-state index in [1.165, 1.54) is 19.3 Å². The van der Waals surface area contributed by atoms with E-state index in [0.717, 1.165) is 56.3 Å². The van der Waals surface area contributed by atoms with E-state index in [2.05, 4.69) is 10.6 Å². The van der Waals surface area contributed by atoms with Crippen LogP contribution in [0.15, 0.2) is 0 Å². The second-order valence-electron chi connectivity index (χ2n) is 8.44. The highest BCUT2D eigenvalue weighted by atomic mass is 16.5. The molecule has 5 rings (SSSR count). The summed E-state index contributed by atoms with van der Waals surface area (Å²) in [7, 11) is 0. The van der Waals surface area contributed by atoms with E-state index >= 15 is 0 Å². The third-order valence-electron chi connectivity index (χ3n) is 6.45. The summed E-state index contributed by atoms with van der Waals surface area (Å²) in [4.78, 5) is 35.6. The Hall–Kier alpha value is -1.59. The van der Waals surface area contributed by atoms with Crippen LogP contribution in [0.1, 0.15) is 57.8 Å². The van der Waals surface area contributed by atoms with Crippen LogP contribution < -0.4 is 10.6 Å². The molecule has 5 fully saturated rings. The molecule has 6 nitrogen and oxygen atoms in total.